The van der Waals surface area contributed by atoms with Gasteiger partial charge in [0.1, 0.15) is 5.82 Å². The molecule has 3 N–H and O–H groups in total. The number of nitrogens with zero attached hydrogens (tertiary/aromatic N) is 1. The first-order valence-corrected chi connectivity index (χ1v) is 7.06. The molecule has 1 aromatic carbocycles. The monoisotopic (exact) mass is 301 g/mol. The first-order valence-electron chi connectivity index (χ1n) is 7.06. The molecule has 0 radical (unpaired) electrons. The van der Waals surface area contributed by atoms with E-state index in [4.69, 9.17) is 15.2 Å². The number of carbonyl (C=O) groups is 1. The van der Waals surface area contributed by atoms with Gasteiger partial charge in [0.15, 0.2) is 11.5 Å². The highest BCUT2D eigenvalue weighted by Crippen LogP contribution is 2.28. The molecule has 0 unspecified atom stereocenters. The molecule has 22 heavy (non-hydrogen) atoms. The molecular formula is C16H19N3O3. The Labute approximate surface area is 129 Å². The molecule has 0 atom stereocenters. The topological polar surface area (TPSA) is 86.5 Å². The molecule has 6 nitrogen and oxygen atoms in total. The number of nitrogen functional groups attached to an aromatic ring is 1. The third kappa shape index (κ3) is 3.88. The van der Waals surface area contributed by atoms with Crippen molar-refractivity contribution in [3.63, 3.8) is 0 Å². The highest BCUT2D eigenvalue weighted by atomic mass is 16.5. The lowest BCUT2D eigenvalue weighted by atomic mass is 10.2. The summed E-state index contributed by atoms with van der Waals surface area (Å²) in [5.74, 6) is 1.32. The zero-order valence-corrected chi connectivity index (χ0v) is 12.6. The van der Waals surface area contributed by atoms with Crippen LogP contribution < -0.4 is 20.5 Å². The third-order valence-electron chi connectivity index (χ3n) is 2.85. The Bertz CT molecular complexity index is 642. The van der Waals surface area contributed by atoms with Crippen molar-refractivity contribution in [2.75, 3.05) is 24.3 Å². The zero-order chi connectivity index (χ0) is 15.9. The van der Waals surface area contributed by atoms with Crippen LogP contribution >= 0.6 is 0 Å². The summed E-state index contributed by atoms with van der Waals surface area (Å²) in [4.78, 5) is 16.2. The number of ether oxygens (including phenoxy) is 2. The average Bonchev–Trinajstić information content (AvgIpc) is 2.51. The molecular weight excluding hydrogens is 282 g/mol. The highest BCUT2D eigenvalue weighted by Gasteiger charge is 2.12. The van der Waals surface area contributed by atoms with E-state index in [9.17, 15) is 4.79 Å². The van der Waals surface area contributed by atoms with Gasteiger partial charge in [0.2, 0.25) is 0 Å². The van der Waals surface area contributed by atoms with Gasteiger partial charge in [-0.2, -0.15) is 0 Å². The molecule has 116 valence electrons. The second-order valence-electron chi connectivity index (χ2n) is 4.45. The Morgan fingerprint density at radius 3 is 2.50 bits per heavy atom. The van der Waals surface area contributed by atoms with E-state index >= 15 is 0 Å². The largest absolute Gasteiger partial charge is 0.490 e. The number of pyridine rings is 1. The minimum Gasteiger partial charge on any atom is -0.490 e. The summed E-state index contributed by atoms with van der Waals surface area (Å²) < 4.78 is 11.0. The summed E-state index contributed by atoms with van der Waals surface area (Å²) in [6, 6.07) is 8.39. The number of nitrogens with one attached hydrogen (secondary N) is 1. The second-order valence-corrected chi connectivity index (χ2v) is 4.45. The van der Waals surface area contributed by atoms with Crippen LogP contribution in [0.5, 0.6) is 11.5 Å². The maximum atomic E-state index is 12.3. The van der Waals surface area contributed by atoms with Gasteiger partial charge in [-0.15, -0.1) is 0 Å². The number of amides is 1. The smallest absolute Gasteiger partial charge is 0.255 e. The molecule has 0 aliphatic carbocycles. The summed E-state index contributed by atoms with van der Waals surface area (Å²) in [7, 11) is 0. The van der Waals surface area contributed by atoms with Gasteiger partial charge in [0.05, 0.1) is 25.1 Å². The van der Waals surface area contributed by atoms with Crippen molar-refractivity contribution in [1.29, 1.82) is 0 Å². The van der Waals surface area contributed by atoms with Gasteiger partial charge in [-0.3, -0.25) is 4.79 Å². The summed E-state index contributed by atoms with van der Waals surface area (Å²) >= 11 is 0. The molecule has 2 aromatic rings. The van der Waals surface area contributed by atoms with Gasteiger partial charge in [0.25, 0.3) is 5.91 Å². The fraction of sp³-hybridized carbons (Fsp3) is 0.250. The molecule has 1 heterocycles. The number of carbonyl (C=O) groups excluding carboxylic acids is 1. The Balaban J connectivity index is 2.18. The molecule has 0 saturated carbocycles. The number of benzene rings is 1. The van der Waals surface area contributed by atoms with E-state index in [2.05, 4.69) is 10.3 Å². The van der Waals surface area contributed by atoms with Crippen molar-refractivity contribution in [1.82, 2.24) is 4.98 Å². The standard InChI is InChI=1S/C16H19N3O3/c1-3-21-13-7-5-11(9-14(13)22-4-2)16(20)19-12-6-8-15(17)18-10-12/h5-10H,3-4H2,1-2H3,(H2,17,18)(H,19,20). The van der Waals surface area contributed by atoms with Gasteiger partial charge in [-0.05, 0) is 44.2 Å². The van der Waals surface area contributed by atoms with Crippen LogP contribution in [-0.2, 0) is 0 Å². The van der Waals surface area contributed by atoms with Gasteiger partial charge in [0, 0.05) is 5.56 Å². The number of rotatable bonds is 6. The Kier molecular flexibility index (Phi) is 5.19. The van der Waals surface area contributed by atoms with Gasteiger partial charge >= 0.3 is 0 Å². The van der Waals surface area contributed by atoms with E-state index < -0.39 is 0 Å². The molecule has 1 amide bonds. The fourth-order valence-electron chi connectivity index (χ4n) is 1.87. The number of nitrogens with two attached hydrogens (primary N) is 1. The lowest BCUT2D eigenvalue weighted by Crippen LogP contribution is -2.12. The van der Waals surface area contributed by atoms with E-state index in [1.807, 2.05) is 13.8 Å². The van der Waals surface area contributed by atoms with Crippen molar-refractivity contribution in [2.45, 2.75) is 13.8 Å². The predicted molar refractivity (Wildman–Crippen MR) is 85.4 cm³/mol. The van der Waals surface area contributed by atoms with Crippen LogP contribution in [0.1, 0.15) is 24.2 Å². The highest BCUT2D eigenvalue weighted by molar-refractivity contribution is 6.04. The molecule has 2 rings (SSSR count). The molecule has 0 aliphatic rings. The zero-order valence-electron chi connectivity index (χ0n) is 12.6. The lowest BCUT2D eigenvalue weighted by Gasteiger charge is -2.12. The first kappa shape index (κ1) is 15.6. The van der Waals surface area contributed by atoms with Crippen LogP contribution in [-0.4, -0.2) is 24.1 Å². The van der Waals surface area contributed by atoms with E-state index in [-0.39, 0.29) is 5.91 Å². The Hall–Kier alpha value is -2.76. The summed E-state index contributed by atoms with van der Waals surface area (Å²) in [5, 5.41) is 2.75. The maximum Gasteiger partial charge on any atom is 0.255 e. The van der Waals surface area contributed by atoms with Crippen molar-refractivity contribution >= 4 is 17.4 Å². The van der Waals surface area contributed by atoms with Crippen molar-refractivity contribution in [3.8, 4) is 11.5 Å². The number of hydrogen-bond acceptors (Lipinski definition) is 5. The SMILES string of the molecule is CCOc1ccc(C(=O)Nc2ccc(N)nc2)cc1OCC. The van der Waals surface area contributed by atoms with Crippen molar-refractivity contribution in [2.24, 2.45) is 0 Å². The van der Waals surface area contributed by atoms with E-state index in [0.717, 1.165) is 0 Å². The third-order valence-corrected chi connectivity index (χ3v) is 2.85. The Morgan fingerprint density at radius 2 is 1.86 bits per heavy atom. The Morgan fingerprint density at radius 1 is 1.14 bits per heavy atom. The lowest BCUT2D eigenvalue weighted by molar-refractivity contribution is 0.102. The van der Waals surface area contributed by atoms with Gasteiger partial charge < -0.3 is 20.5 Å². The van der Waals surface area contributed by atoms with Gasteiger partial charge in [-0.1, -0.05) is 0 Å². The quantitative estimate of drug-likeness (QED) is 0.856. The van der Waals surface area contributed by atoms with Crippen molar-refractivity contribution < 1.29 is 14.3 Å². The van der Waals surface area contributed by atoms with Crippen LogP contribution in [0.2, 0.25) is 0 Å². The van der Waals surface area contributed by atoms with E-state index in [1.165, 1.54) is 6.20 Å². The van der Waals surface area contributed by atoms with Crippen LogP contribution in [0.25, 0.3) is 0 Å². The van der Waals surface area contributed by atoms with Crippen LogP contribution in [0.15, 0.2) is 36.5 Å². The number of aromatic nitrogens is 1. The predicted octanol–water partition coefficient (Wildman–Crippen LogP) is 2.71. The first-order chi connectivity index (χ1) is 10.6. The molecule has 1 aromatic heterocycles. The summed E-state index contributed by atoms with van der Waals surface area (Å²) in [5.41, 5.74) is 6.56. The normalized spacial score (nSPS) is 10.1. The van der Waals surface area contributed by atoms with Crippen LogP contribution in [0.3, 0.4) is 0 Å². The van der Waals surface area contributed by atoms with Crippen molar-refractivity contribution in [3.05, 3.63) is 42.1 Å². The molecule has 0 saturated heterocycles. The average molecular weight is 301 g/mol. The van der Waals surface area contributed by atoms with Crippen LogP contribution in [0, 0.1) is 0 Å². The summed E-state index contributed by atoms with van der Waals surface area (Å²) in [6.45, 7) is 4.79. The molecule has 0 fully saturated rings. The van der Waals surface area contributed by atoms with Gasteiger partial charge in [-0.25, -0.2) is 4.98 Å². The maximum absolute atomic E-state index is 12.3. The van der Waals surface area contributed by atoms with Crippen LogP contribution in [0.4, 0.5) is 11.5 Å². The van der Waals surface area contributed by atoms with E-state index in [0.29, 0.717) is 41.8 Å². The molecule has 0 bridgehead atoms. The molecule has 0 aliphatic heterocycles. The molecule has 0 spiro atoms. The minimum atomic E-state index is -0.254. The van der Waals surface area contributed by atoms with E-state index in [1.54, 1.807) is 30.3 Å². The number of anilines is 2. The summed E-state index contributed by atoms with van der Waals surface area (Å²) in [6.07, 6.45) is 1.51. The minimum absolute atomic E-state index is 0.254. The number of hydrogen-bond donors (Lipinski definition) is 2. The fourth-order valence-corrected chi connectivity index (χ4v) is 1.87. The second kappa shape index (κ2) is 7.31. The molecule has 6 heteroatoms.